The van der Waals surface area contributed by atoms with E-state index in [4.69, 9.17) is 5.26 Å². The molecule has 0 spiro atoms. The molecule has 0 aromatic carbocycles. The lowest BCUT2D eigenvalue weighted by Crippen LogP contribution is -2.28. The van der Waals surface area contributed by atoms with Crippen molar-refractivity contribution in [2.45, 2.75) is 32.4 Å². The van der Waals surface area contributed by atoms with Gasteiger partial charge in [-0.2, -0.15) is 10.4 Å². The first kappa shape index (κ1) is 18.9. The minimum atomic E-state index is -0.204. The van der Waals surface area contributed by atoms with Crippen LogP contribution < -0.4 is 10.6 Å². The molecule has 8 nitrogen and oxygen atoms in total. The molecule has 1 fully saturated rings. The second-order valence-electron chi connectivity index (χ2n) is 7.58. The van der Waals surface area contributed by atoms with Gasteiger partial charge in [-0.1, -0.05) is 0 Å². The minimum absolute atomic E-state index is 0.0205. The smallest absolute Gasteiger partial charge is 0.255 e. The fourth-order valence-electron chi connectivity index (χ4n) is 3.33. The number of anilines is 1. The Morgan fingerprint density at radius 1 is 1.38 bits per heavy atom. The third-order valence-electron chi connectivity index (χ3n) is 4.96. The first-order valence-electron chi connectivity index (χ1n) is 9.56. The molecule has 3 aromatic rings. The number of hydrogen-bond acceptors (Lipinski definition) is 6. The number of carbonyl (C=O) groups excluding carboxylic acids is 1. The number of nitrogens with one attached hydrogen (secondary N) is 2. The SMILES string of the molecule is CC(C)Nc1cc(-c2ccc3cc(C#N)cnn23)ncc1C(=O)NC1CC1CO. The summed E-state index contributed by atoms with van der Waals surface area (Å²) in [7, 11) is 0. The van der Waals surface area contributed by atoms with E-state index >= 15 is 0 Å². The summed E-state index contributed by atoms with van der Waals surface area (Å²) in [4.78, 5) is 17.2. The molecule has 3 N–H and O–H groups in total. The lowest BCUT2D eigenvalue weighted by molar-refractivity contribution is 0.0948. The highest BCUT2D eigenvalue weighted by atomic mass is 16.3. The zero-order chi connectivity index (χ0) is 20.5. The number of aliphatic hydroxyl groups excluding tert-OH is 1. The number of hydrogen-bond donors (Lipinski definition) is 3. The molecule has 0 bridgehead atoms. The molecule has 1 saturated carbocycles. The predicted molar refractivity (Wildman–Crippen MR) is 108 cm³/mol. The molecule has 29 heavy (non-hydrogen) atoms. The van der Waals surface area contributed by atoms with Gasteiger partial charge in [0.2, 0.25) is 0 Å². The molecule has 0 aliphatic heterocycles. The monoisotopic (exact) mass is 390 g/mol. The van der Waals surface area contributed by atoms with Gasteiger partial charge in [-0.3, -0.25) is 9.78 Å². The van der Waals surface area contributed by atoms with Crippen LogP contribution in [0.5, 0.6) is 0 Å². The van der Waals surface area contributed by atoms with Crippen LogP contribution in [0, 0.1) is 17.2 Å². The van der Waals surface area contributed by atoms with Gasteiger partial charge in [0, 0.05) is 30.8 Å². The third kappa shape index (κ3) is 3.77. The number of aromatic nitrogens is 3. The quantitative estimate of drug-likeness (QED) is 0.594. The van der Waals surface area contributed by atoms with Crippen molar-refractivity contribution in [1.29, 1.82) is 5.26 Å². The van der Waals surface area contributed by atoms with Crippen molar-refractivity contribution in [3.63, 3.8) is 0 Å². The van der Waals surface area contributed by atoms with E-state index in [1.807, 2.05) is 32.0 Å². The van der Waals surface area contributed by atoms with E-state index in [1.54, 1.807) is 16.8 Å². The Balaban J connectivity index is 1.69. The summed E-state index contributed by atoms with van der Waals surface area (Å²) in [6.45, 7) is 4.09. The summed E-state index contributed by atoms with van der Waals surface area (Å²) < 4.78 is 1.72. The maximum atomic E-state index is 12.7. The Hall–Kier alpha value is -3.44. The van der Waals surface area contributed by atoms with Crippen LogP contribution in [-0.4, -0.2) is 44.3 Å². The average molecular weight is 390 g/mol. The minimum Gasteiger partial charge on any atom is -0.396 e. The van der Waals surface area contributed by atoms with Gasteiger partial charge < -0.3 is 15.7 Å². The number of carbonyl (C=O) groups is 1. The van der Waals surface area contributed by atoms with Crippen LogP contribution >= 0.6 is 0 Å². The number of nitriles is 1. The van der Waals surface area contributed by atoms with Gasteiger partial charge in [-0.05, 0) is 44.5 Å². The highest BCUT2D eigenvalue weighted by molar-refractivity contribution is 6.00. The van der Waals surface area contributed by atoms with Crippen LogP contribution in [0.15, 0.2) is 36.7 Å². The van der Waals surface area contributed by atoms with Gasteiger partial charge >= 0.3 is 0 Å². The van der Waals surface area contributed by atoms with Crippen LogP contribution in [0.3, 0.4) is 0 Å². The summed E-state index contributed by atoms with van der Waals surface area (Å²) in [6.07, 6.45) is 3.88. The van der Waals surface area contributed by atoms with Crippen molar-refractivity contribution in [2.75, 3.05) is 11.9 Å². The maximum absolute atomic E-state index is 12.7. The molecular formula is C21H22N6O2. The summed E-state index contributed by atoms with van der Waals surface area (Å²) >= 11 is 0. The molecule has 2 atom stereocenters. The largest absolute Gasteiger partial charge is 0.396 e. The Kier molecular flexibility index (Phi) is 4.91. The lowest BCUT2D eigenvalue weighted by Gasteiger charge is -2.16. The van der Waals surface area contributed by atoms with Crippen molar-refractivity contribution in [3.8, 4) is 17.5 Å². The van der Waals surface area contributed by atoms with Gasteiger partial charge in [0.25, 0.3) is 5.91 Å². The van der Waals surface area contributed by atoms with Gasteiger partial charge in [0.15, 0.2) is 0 Å². The molecule has 2 unspecified atom stereocenters. The van der Waals surface area contributed by atoms with Crippen molar-refractivity contribution < 1.29 is 9.90 Å². The maximum Gasteiger partial charge on any atom is 0.255 e. The van der Waals surface area contributed by atoms with Crippen LogP contribution in [0.2, 0.25) is 0 Å². The third-order valence-corrected chi connectivity index (χ3v) is 4.96. The van der Waals surface area contributed by atoms with E-state index in [-0.39, 0.29) is 30.5 Å². The molecular weight excluding hydrogens is 368 g/mol. The average Bonchev–Trinajstić information content (AvgIpc) is 3.32. The summed E-state index contributed by atoms with van der Waals surface area (Å²) in [5, 5.41) is 28.8. The number of pyridine rings is 1. The molecule has 8 heteroatoms. The molecule has 1 amide bonds. The Labute approximate surface area is 168 Å². The fourth-order valence-corrected chi connectivity index (χ4v) is 3.33. The van der Waals surface area contributed by atoms with E-state index in [0.29, 0.717) is 22.5 Å². The number of amides is 1. The highest BCUT2D eigenvalue weighted by Gasteiger charge is 2.38. The Morgan fingerprint density at radius 2 is 2.21 bits per heavy atom. The number of nitrogens with zero attached hydrogens (tertiary/aromatic N) is 4. The van der Waals surface area contributed by atoms with E-state index in [0.717, 1.165) is 17.6 Å². The highest BCUT2D eigenvalue weighted by Crippen LogP contribution is 2.31. The van der Waals surface area contributed by atoms with Gasteiger partial charge in [0.1, 0.15) is 6.07 Å². The number of rotatable bonds is 6. The standard InChI is InChI=1S/C21H22N6O2/c1-12(2)25-18-7-19(20-4-3-15-5-13(8-22)9-24-27(15)20)23-10-16(18)21(29)26-17-6-14(17)11-28/h3-5,7,9-10,12,14,17,28H,6,11H2,1-2H3,(H,23,25)(H,26,29). The van der Waals surface area contributed by atoms with Crippen molar-refractivity contribution in [2.24, 2.45) is 5.92 Å². The second-order valence-corrected chi connectivity index (χ2v) is 7.58. The number of fused-ring (bicyclic) bond motifs is 1. The van der Waals surface area contributed by atoms with Gasteiger partial charge in [0.05, 0.1) is 39.9 Å². The van der Waals surface area contributed by atoms with Crippen LogP contribution in [-0.2, 0) is 0 Å². The normalized spacial score (nSPS) is 17.9. The molecule has 148 valence electrons. The second kappa shape index (κ2) is 7.53. The zero-order valence-corrected chi connectivity index (χ0v) is 16.3. The molecule has 3 aromatic heterocycles. The lowest BCUT2D eigenvalue weighted by atomic mass is 10.1. The first-order chi connectivity index (χ1) is 14.0. The van der Waals surface area contributed by atoms with E-state index in [2.05, 4.69) is 26.8 Å². The Morgan fingerprint density at radius 3 is 2.90 bits per heavy atom. The van der Waals surface area contributed by atoms with Gasteiger partial charge in [-0.25, -0.2) is 4.52 Å². The molecule has 3 heterocycles. The fraction of sp³-hybridized carbons (Fsp3) is 0.333. The predicted octanol–water partition coefficient (Wildman–Crippen LogP) is 2.20. The zero-order valence-electron chi connectivity index (χ0n) is 16.3. The molecule has 4 rings (SSSR count). The van der Waals surface area contributed by atoms with Crippen LogP contribution in [0.4, 0.5) is 5.69 Å². The van der Waals surface area contributed by atoms with Crippen molar-refractivity contribution in [1.82, 2.24) is 19.9 Å². The molecule has 0 radical (unpaired) electrons. The topological polar surface area (TPSA) is 115 Å². The molecule has 1 aliphatic rings. The van der Waals surface area contributed by atoms with E-state index in [1.165, 1.54) is 6.20 Å². The Bertz CT molecular complexity index is 1110. The summed E-state index contributed by atoms with van der Waals surface area (Å²) in [6, 6.07) is 9.60. The van der Waals surface area contributed by atoms with E-state index in [9.17, 15) is 9.90 Å². The van der Waals surface area contributed by atoms with Gasteiger partial charge in [-0.15, -0.1) is 0 Å². The van der Waals surface area contributed by atoms with E-state index < -0.39 is 0 Å². The first-order valence-corrected chi connectivity index (χ1v) is 9.56. The molecule has 1 aliphatic carbocycles. The molecule has 0 saturated heterocycles. The summed E-state index contributed by atoms with van der Waals surface area (Å²) in [5.41, 5.74) is 3.88. The van der Waals surface area contributed by atoms with Crippen LogP contribution in [0.1, 0.15) is 36.2 Å². The van der Waals surface area contributed by atoms with Crippen molar-refractivity contribution in [3.05, 3.63) is 47.8 Å². The number of aliphatic hydroxyl groups is 1. The van der Waals surface area contributed by atoms with Crippen molar-refractivity contribution >= 4 is 17.1 Å². The van der Waals surface area contributed by atoms with Crippen LogP contribution in [0.25, 0.3) is 16.9 Å². The summed E-state index contributed by atoms with van der Waals surface area (Å²) in [5.74, 6) is -0.0610.